The molecule has 140 valence electrons. The second-order valence-corrected chi connectivity index (χ2v) is 6.37. The fourth-order valence-corrected chi connectivity index (χ4v) is 2.73. The smallest absolute Gasteiger partial charge is 0.337 e. The Kier molecular flexibility index (Phi) is 5.14. The van der Waals surface area contributed by atoms with Gasteiger partial charge in [-0.05, 0) is 36.4 Å². The van der Waals surface area contributed by atoms with E-state index in [9.17, 15) is 14.7 Å². The molecule has 0 radical (unpaired) electrons. The lowest BCUT2D eigenvalue weighted by molar-refractivity contribution is -0.872. The van der Waals surface area contributed by atoms with Crippen LogP contribution < -0.4 is 15.1 Å². The summed E-state index contributed by atoms with van der Waals surface area (Å²) in [6, 6.07) is 9.20. The molecular formula is C20H20NO6+. The predicted octanol–water partition coefficient (Wildman–Crippen LogP) is 1.72. The van der Waals surface area contributed by atoms with Crippen molar-refractivity contribution in [3.8, 4) is 17.2 Å². The molecule has 0 amide bonds. The zero-order valence-corrected chi connectivity index (χ0v) is 15.2. The quantitative estimate of drug-likeness (QED) is 0.665. The van der Waals surface area contributed by atoms with Crippen LogP contribution in [-0.4, -0.2) is 32.3 Å². The second-order valence-electron chi connectivity index (χ2n) is 6.37. The number of rotatable bonds is 5. The summed E-state index contributed by atoms with van der Waals surface area (Å²) in [4.78, 5) is 25.3. The second kappa shape index (κ2) is 7.51. The predicted molar refractivity (Wildman–Crippen MR) is 98.5 cm³/mol. The summed E-state index contributed by atoms with van der Waals surface area (Å²) >= 11 is 0. The Morgan fingerprint density at radius 1 is 1.15 bits per heavy atom. The molecule has 2 aromatic carbocycles. The molecule has 1 aromatic heterocycles. The van der Waals surface area contributed by atoms with Gasteiger partial charge in [0.1, 0.15) is 24.3 Å². The minimum Gasteiger partial charge on any atom is -0.507 e. The molecule has 0 aliphatic rings. The maximum atomic E-state index is 12.8. The van der Waals surface area contributed by atoms with Crippen molar-refractivity contribution in [1.29, 1.82) is 0 Å². The normalized spacial score (nSPS) is 11.0. The van der Waals surface area contributed by atoms with Crippen LogP contribution in [0.1, 0.15) is 15.9 Å². The Labute approximate surface area is 155 Å². The van der Waals surface area contributed by atoms with Gasteiger partial charge in [-0.3, -0.25) is 4.79 Å². The molecule has 0 saturated carbocycles. The number of nitrogens with one attached hydrogen (secondary N) is 1. The molecule has 3 rings (SSSR count). The number of hydrogen-bond acceptors (Lipinski definition) is 6. The number of fused-ring (bicyclic) bond motifs is 1. The molecular weight excluding hydrogens is 350 g/mol. The van der Waals surface area contributed by atoms with Crippen LogP contribution in [0.25, 0.3) is 11.0 Å². The Morgan fingerprint density at radius 3 is 2.48 bits per heavy atom. The minimum absolute atomic E-state index is 0.0159. The van der Waals surface area contributed by atoms with Crippen molar-refractivity contribution < 1.29 is 28.7 Å². The first kappa shape index (κ1) is 18.5. The lowest BCUT2D eigenvalue weighted by Crippen LogP contribution is -3.04. The number of esters is 1. The lowest BCUT2D eigenvalue weighted by Gasteiger charge is -2.12. The summed E-state index contributed by atoms with van der Waals surface area (Å²) in [7, 11) is 5.18. The van der Waals surface area contributed by atoms with Crippen molar-refractivity contribution in [3.05, 3.63) is 64.0 Å². The van der Waals surface area contributed by atoms with Crippen LogP contribution in [0.4, 0.5) is 0 Å². The first-order chi connectivity index (χ1) is 12.9. The molecule has 1 heterocycles. The zero-order chi connectivity index (χ0) is 19.6. The van der Waals surface area contributed by atoms with Gasteiger partial charge in [0.2, 0.25) is 11.2 Å². The standard InChI is InChI=1S/C20H19NO6/c1-21(2)10-15-16(22)9-8-14-18(23)17(11-26-19(14)15)27-13-6-4-12(5-7-13)20(24)25-3/h4-9,11,22H,10H2,1-3H3/p+1. The van der Waals surface area contributed by atoms with Crippen molar-refractivity contribution in [2.75, 3.05) is 21.2 Å². The van der Waals surface area contributed by atoms with Crippen LogP contribution in [0.2, 0.25) is 0 Å². The van der Waals surface area contributed by atoms with E-state index in [2.05, 4.69) is 4.74 Å². The van der Waals surface area contributed by atoms with Crippen LogP contribution in [0.15, 0.2) is 51.9 Å². The SMILES string of the molecule is COC(=O)c1ccc(Oc2coc3c(C[NH+](C)C)c(O)ccc3c2=O)cc1. The van der Waals surface area contributed by atoms with E-state index < -0.39 is 5.97 Å². The highest BCUT2D eigenvalue weighted by atomic mass is 16.5. The van der Waals surface area contributed by atoms with Crippen LogP contribution in [0.3, 0.4) is 0 Å². The Bertz CT molecular complexity index is 1040. The molecule has 0 unspecified atom stereocenters. The van der Waals surface area contributed by atoms with Crippen LogP contribution in [0.5, 0.6) is 17.2 Å². The molecule has 0 atom stereocenters. The van der Waals surface area contributed by atoms with Crippen molar-refractivity contribution in [2.45, 2.75) is 6.54 Å². The highest BCUT2D eigenvalue weighted by Gasteiger charge is 2.17. The fourth-order valence-electron chi connectivity index (χ4n) is 2.73. The summed E-state index contributed by atoms with van der Waals surface area (Å²) in [5, 5.41) is 10.4. The van der Waals surface area contributed by atoms with Crippen molar-refractivity contribution in [1.82, 2.24) is 0 Å². The number of methoxy groups -OCH3 is 1. The number of carbonyl (C=O) groups excluding carboxylic acids is 1. The molecule has 0 aliphatic heterocycles. The summed E-state index contributed by atoms with van der Waals surface area (Å²) in [5.41, 5.74) is 0.943. The number of carbonyl (C=O) groups is 1. The molecule has 7 nitrogen and oxygen atoms in total. The van der Waals surface area contributed by atoms with Crippen molar-refractivity contribution in [3.63, 3.8) is 0 Å². The third-order valence-electron chi connectivity index (χ3n) is 4.02. The average molecular weight is 370 g/mol. The van der Waals surface area contributed by atoms with Gasteiger partial charge in [0, 0.05) is 0 Å². The van der Waals surface area contributed by atoms with Gasteiger partial charge in [-0.2, -0.15) is 0 Å². The molecule has 3 aromatic rings. The van der Waals surface area contributed by atoms with Crippen molar-refractivity contribution in [2.24, 2.45) is 0 Å². The molecule has 0 aliphatic carbocycles. The van der Waals surface area contributed by atoms with Gasteiger partial charge in [0.05, 0.1) is 37.7 Å². The number of quaternary nitrogens is 1. The Balaban J connectivity index is 1.97. The first-order valence-corrected chi connectivity index (χ1v) is 8.32. The molecule has 0 spiro atoms. The number of benzene rings is 2. The summed E-state index contributed by atoms with van der Waals surface area (Å²) < 4.78 is 15.9. The highest BCUT2D eigenvalue weighted by Crippen LogP contribution is 2.28. The van der Waals surface area contributed by atoms with E-state index in [1.54, 1.807) is 24.3 Å². The Hall–Kier alpha value is -3.32. The van der Waals surface area contributed by atoms with Crippen LogP contribution >= 0.6 is 0 Å². The van der Waals surface area contributed by atoms with Gasteiger partial charge in [0.15, 0.2) is 5.58 Å². The van der Waals surface area contributed by atoms with E-state index in [1.165, 1.54) is 25.5 Å². The maximum Gasteiger partial charge on any atom is 0.337 e. The molecule has 27 heavy (non-hydrogen) atoms. The number of phenols is 1. The van der Waals surface area contributed by atoms with Gasteiger partial charge in [0.25, 0.3) is 0 Å². The van der Waals surface area contributed by atoms with E-state index in [0.29, 0.717) is 34.4 Å². The third kappa shape index (κ3) is 3.78. The summed E-state index contributed by atoms with van der Waals surface area (Å²) in [6.07, 6.45) is 1.23. The zero-order valence-electron chi connectivity index (χ0n) is 15.2. The van der Waals surface area contributed by atoms with Gasteiger partial charge in [-0.25, -0.2) is 4.79 Å². The number of hydrogen-bond donors (Lipinski definition) is 2. The fraction of sp³-hybridized carbons (Fsp3) is 0.200. The first-order valence-electron chi connectivity index (χ1n) is 8.32. The van der Waals surface area contributed by atoms with Crippen LogP contribution in [0, 0.1) is 0 Å². The summed E-state index contributed by atoms with van der Waals surface area (Å²) in [6.45, 7) is 0.501. The monoisotopic (exact) mass is 370 g/mol. The van der Waals surface area contributed by atoms with Crippen LogP contribution in [-0.2, 0) is 11.3 Å². The number of phenolic OH excluding ortho intramolecular Hbond substituents is 1. The molecule has 2 N–H and O–H groups in total. The maximum absolute atomic E-state index is 12.8. The number of ether oxygens (including phenoxy) is 2. The average Bonchev–Trinajstić information content (AvgIpc) is 2.66. The lowest BCUT2D eigenvalue weighted by atomic mass is 10.1. The molecule has 0 bridgehead atoms. The molecule has 0 saturated heterocycles. The van der Waals surface area contributed by atoms with E-state index in [-0.39, 0.29) is 16.9 Å². The van der Waals surface area contributed by atoms with Gasteiger partial charge in [-0.1, -0.05) is 0 Å². The number of aromatic hydroxyl groups is 1. The minimum atomic E-state index is -0.456. The van der Waals surface area contributed by atoms with E-state index in [1.807, 2.05) is 14.1 Å². The largest absolute Gasteiger partial charge is 0.507 e. The highest BCUT2D eigenvalue weighted by molar-refractivity contribution is 5.89. The Morgan fingerprint density at radius 2 is 1.85 bits per heavy atom. The van der Waals surface area contributed by atoms with Gasteiger partial charge in [-0.15, -0.1) is 0 Å². The molecule has 0 fully saturated rings. The topological polar surface area (TPSA) is 90.4 Å². The van der Waals surface area contributed by atoms with E-state index in [4.69, 9.17) is 9.15 Å². The van der Waals surface area contributed by atoms with E-state index >= 15 is 0 Å². The van der Waals surface area contributed by atoms with Crippen molar-refractivity contribution >= 4 is 16.9 Å². The summed E-state index contributed by atoms with van der Waals surface area (Å²) in [5.74, 6) is 0.0224. The third-order valence-corrected chi connectivity index (χ3v) is 4.02. The van der Waals surface area contributed by atoms with E-state index in [0.717, 1.165) is 4.90 Å². The molecule has 7 heteroatoms. The van der Waals surface area contributed by atoms with Gasteiger partial charge >= 0.3 is 5.97 Å². The van der Waals surface area contributed by atoms with Gasteiger partial charge < -0.3 is 23.9 Å².